The number of rotatable bonds is 1. The fourth-order valence-electron chi connectivity index (χ4n) is 4.86. The van der Waals surface area contributed by atoms with Crippen molar-refractivity contribution in [1.82, 2.24) is 0 Å². The predicted molar refractivity (Wildman–Crippen MR) is 95.4 cm³/mol. The highest BCUT2D eigenvalue weighted by Gasteiger charge is 2.41. The van der Waals surface area contributed by atoms with Gasteiger partial charge in [0, 0.05) is 33.9 Å². The van der Waals surface area contributed by atoms with Crippen LogP contribution >= 0.6 is 0 Å². The lowest BCUT2D eigenvalue weighted by molar-refractivity contribution is 0.103. The van der Waals surface area contributed by atoms with E-state index < -0.39 is 5.41 Å². The van der Waals surface area contributed by atoms with Crippen molar-refractivity contribution in [3.05, 3.63) is 46.1 Å². The fourth-order valence-corrected chi connectivity index (χ4v) is 4.86. The van der Waals surface area contributed by atoms with Crippen LogP contribution in [0.15, 0.2) is 23.8 Å². The van der Waals surface area contributed by atoms with E-state index >= 15 is 0 Å². The number of fused-ring (bicyclic) bond motifs is 4. The Labute approximate surface area is 147 Å². The summed E-state index contributed by atoms with van der Waals surface area (Å²) in [4.78, 5) is 12.5. The summed E-state index contributed by atoms with van der Waals surface area (Å²) in [5, 5.41) is 32.1. The Bertz CT molecular complexity index is 829. The Kier molecular flexibility index (Phi) is 3.58. The molecule has 0 aromatic heterocycles. The van der Waals surface area contributed by atoms with E-state index in [0.717, 1.165) is 31.2 Å². The quantitative estimate of drug-likeness (QED) is 0.537. The van der Waals surface area contributed by atoms with Crippen molar-refractivity contribution in [1.29, 1.82) is 0 Å². The number of aliphatic hydroxyl groups excluding tert-OH is 1. The number of hydrogen-bond donors (Lipinski definition) is 3. The van der Waals surface area contributed by atoms with Crippen LogP contribution in [0.4, 0.5) is 0 Å². The molecular formula is C21H24O4. The molecule has 1 saturated carbocycles. The van der Waals surface area contributed by atoms with Gasteiger partial charge in [-0.2, -0.15) is 0 Å². The number of allylic oxidation sites excluding steroid dienone is 3. The number of phenols is 2. The van der Waals surface area contributed by atoms with E-state index in [9.17, 15) is 20.1 Å². The molecule has 0 amide bonds. The van der Waals surface area contributed by atoms with Gasteiger partial charge >= 0.3 is 0 Å². The molecule has 0 bridgehead atoms. The van der Waals surface area contributed by atoms with Crippen LogP contribution in [0.2, 0.25) is 0 Å². The first-order valence-electron chi connectivity index (χ1n) is 9.04. The SMILES string of the molecule is CC1(C)C=CC(=O)c2c(O)c3c(c(O)c21)C1CCCCC1=CC3CO. The molecule has 0 spiro atoms. The van der Waals surface area contributed by atoms with Crippen LogP contribution in [-0.2, 0) is 5.41 Å². The molecule has 4 heteroatoms. The molecule has 3 aliphatic carbocycles. The molecule has 0 aliphatic heterocycles. The molecule has 4 rings (SSSR count). The zero-order valence-corrected chi connectivity index (χ0v) is 14.7. The minimum Gasteiger partial charge on any atom is -0.507 e. The third-order valence-electron chi connectivity index (χ3n) is 6.05. The van der Waals surface area contributed by atoms with E-state index in [1.54, 1.807) is 6.08 Å². The number of phenolic OH excluding ortho intramolecular Hbond substituents is 2. The van der Waals surface area contributed by atoms with Gasteiger partial charge in [-0.25, -0.2) is 0 Å². The number of ketones is 1. The number of aliphatic hydroxyl groups is 1. The van der Waals surface area contributed by atoms with Crippen LogP contribution in [0.5, 0.6) is 11.5 Å². The maximum absolute atomic E-state index is 12.5. The fraction of sp³-hybridized carbons (Fsp3) is 0.476. The largest absolute Gasteiger partial charge is 0.507 e. The molecule has 3 N–H and O–H groups in total. The standard InChI is InChI=1S/C21H24O4/c1-21(2)8-7-14(23)17-18(21)20(25)16-13-6-4-3-5-11(13)9-12(10-22)15(16)19(17)24/h7-9,12-13,22,24-25H,3-6,10H2,1-2H3. The van der Waals surface area contributed by atoms with Crippen molar-refractivity contribution in [2.24, 2.45) is 0 Å². The predicted octanol–water partition coefficient (Wildman–Crippen LogP) is 3.80. The van der Waals surface area contributed by atoms with Crippen molar-refractivity contribution in [2.45, 2.75) is 56.8 Å². The second kappa shape index (κ2) is 5.46. The zero-order chi connectivity index (χ0) is 17.9. The lowest BCUT2D eigenvalue weighted by atomic mass is 9.66. The summed E-state index contributed by atoms with van der Waals surface area (Å²) in [6.07, 6.45) is 9.35. The van der Waals surface area contributed by atoms with Gasteiger partial charge in [0.05, 0.1) is 12.2 Å². The first-order valence-corrected chi connectivity index (χ1v) is 9.04. The molecule has 0 saturated heterocycles. The van der Waals surface area contributed by atoms with Gasteiger partial charge in [-0.05, 0) is 25.3 Å². The lowest BCUT2D eigenvalue weighted by Crippen LogP contribution is -2.27. The number of aromatic hydroxyl groups is 2. The van der Waals surface area contributed by atoms with Crippen LogP contribution in [0.1, 0.15) is 78.4 Å². The molecule has 132 valence electrons. The minimum atomic E-state index is -0.537. The van der Waals surface area contributed by atoms with Gasteiger partial charge < -0.3 is 15.3 Å². The monoisotopic (exact) mass is 340 g/mol. The van der Waals surface area contributed by atoms with E-state index in [1.807, 2.05) is 19.9 Å². The van der Waals surface area contributed by atoms with Gasteiger partial charge in [0.1, 0.15) is 11.5 Å². The Hall–Kier alpha value is -2.07. The van der Waals surface area contributed by atoms with Crippen molar-refractivity contribution >= 4 is 5.78 Å². The molecule has 1 aromatic carbocycles. The van der Waals surface area contributed by atoms with Crippen molar-refractivity contribution in [3.8, 4) is 11.5 Å². The molecule has 3 aliphatic rings. The van der Waals surface area contributed by atoms with E-state index in [4.69, 9.17) is 0 Å². The van der Waals surface area contributed by atoms with Gasteiger partial charge in [0.2, 0.25) is 0 Å². The molecule has 4 nitrogen and oxygen atoms in total. The van der Waals surface area contributed by atoms with E-state index in [2.05, 4.69) is 0 Å². The summed E-state index contributed by atoms with van der Waals surface area (Å²) >= 11 is 0. The summed E-state index contributed by atoms with van der Waals surface area (Å²) in [5.41, 5.74) is 2.67. The van der Waals surface area contributed by atoms with Gasteiger partial charge in [0.15, 0.2) is 5.78 Å². The van der Waals surface area contributed by atoms with Gasteiger partial charge in [0.25, 0.3) is 0 Å². The Morgan fingerprint density at radius 3 is 2.64 bits per heavy atom. The van der Waals surface area contributed by atoms with E-state index in [-0.39, 0.29) is 41.3 Å². The average molecular weight is 340 g/mol. The lowest BCUT2D eigenvalue weighted by Gasteiger charge is -2.38. The zero-order valence-electron chi connectivity index (χ0n) is 14.7. The number of benzene rings is 1. The Balaban J connectivity index is 2.07. The highest BCUT2D eigenvalue weighted by molar-refractivity contribution is 6.10. The van der Waals surface area contributed by atoms with Crippen LogP contribution in [0.25, 0.3) is 0 Å². The normalized spacial score (nSPS) is 26.5. The first kappa shape index (κ1) is 16.4. The Morgan fingerprint density at radius 2 is 1.92 bits per heavy atom. The maximum Gasteiger partial charge on any atom is 0.189 e. The minimum absolute atomic E-state index is 0.0647. The third kappa shape index (κ3) is 2.20. The molecule has 1 fully saturated rings. The van der Waals surface area contributed by atoms with Crippen LogP contribution in [-0.4, -0.2) is 27.7 Å². The van der Waals surface area contributed by atoms with Crippen LogP contribution in [0.3, 0.4) is 0 Å². The van der Waals surface area contributed by atoms with Crippen molar-refractivity contribution < 1.29 is 20.1 Å². The van der Waals surface area contributed by atoms with Crippen LogP contribution < -0.4 is 0 Å². The maximum atomic E-state index is 12.5. The summed E-state index contributed by atoms with van der Waals surface area (Å²) in [7, 11) is 0. The summed E-state index contributed by atoms with van der Waals surface area (Å²) in [6.45, 7) is 3.72. The molecule has 0 radical (unpaired) electrons. The van der Waals surface area contributed by atoms with Crippen LogP contribution in [0, 0.1) is 0 Å². The third-order valence-corrected chi connectivity index (χ3v) is 6.05. The smallest absolute Gasteiger partial charge is 0.189 e. The number of carbonyl (C=O) groups excluding carboxylic acids is 1. The summed E-state index contributed by atoms with van der Waals surface area (Å²) < 4.78 is 0. The molecule has 1 aromatic rings. The second-order valence-corrected chi connectivity index (χ2v) is 8.02. The average Bonchev–Trinajstić information content (AvgIpc) is 2.60. The molecule has 0 heterocycles. The highest BCUT2D eigenvalue weighted by Crippen LogP contribution is 2.56. The second-order valence-electron chi connectivity index (χ2n) is 8.02. The van der Waals surface area contributed by atoms with E-state index in [0.29, 0.717) is 11.1 Å². The van der Waals surface area contributed by atoms with E-state index in [1.165, 1.54) is 11.6 Å². The number of hydrogen-bond acceptors (Lipinski definition) is 4. The van der Waals surface area contributed by atoms with Gasteiger partial charge in [-0.15, -0.1) is 0 Å². The topological polar surface area (TPSA) is 77.8 Å². The first-order chi connectivity index (χ1) is 11.9. The molecule has 25 heavy (non-hydrogen) atoms. The highest BCUT2D eigenvalue weighted by atomic mass is 16.3. The molecule has 2 unspecified atom stereocenters. The Morgan fingerprint density at radius 1 is 1.16 bits per heavy atom. The van der Waals surface area contributed by atoms with Gasteiger partial charge in [-0.1, -0.05) is 38.0 Å². The number of carbonyl (C=O) groups is 1. The van der Waals surface area contributed by atoms with Crippen molar-refractivity contribution in [2.75, 3.05) is 6.61 Å². The summed E-state index contributed by atoms with van der Waals surface area (Å²) in [5.74, 6) is -0.538. The molecule has 2 atom stereocenters. The van der Waals surface area contributed by atoms with Crippen molar-refractivity contribution in [3.63, 3.8) is 0 Å². The van der Waals surface area contributed by atoms with Gasteiger partial charge in [-0.3, -0.25) is 4.79 Å². The summed E-state index contributed by atoms with van der Waals surface area (Å²) in [6, 6.07) is 0. The molecular weight excluding hydrogens is 316 g/mol.